The van der Waals surface area contributed by atoms with Crippen LogP contribution in [-0.4, -0.2) is 13.9 Å². The topological polar surface area (TPSA) is 34.1 Å². The van der Waals surface area contributed by atoms with Crippen molar-refractivity contribution in [3.8, 4) is 0 Å². The van der Waals surface area contributed by atoms with Crippen LogP contribution in [-0.2, 0) is 26.9 Å². The molecule has 1 aromatic carbocycles. The Morgan fingerprint density at radius 1 is 1.14 bits per heavy atom. The van der Waals surface area contributed by atoms with Crippen molar-refractivity contribution in [3.05, 3.63) is 30.3 Å². The van der Waals surface area contributed by atoms with E-state index in [9.17, 15) is 21.6 Å². The number of hydrogen-bond donors (Lipinski definition) is 0. The first-order valence-electron chi connectivity index (χ1n) is 3.13. The molecule has 0 N–H and O–H groups in total. The molecule has 0 bridgehead atoms. The molecular weight excluding hydrogens is 260 g/mol. The van der Waals surface area contributed by atoms with Crippen molar-refractivity contribution >= 4 is 9.84 Å². The molecule has 0 aromatic heterocycles. The molecule has 1 rings (SSSR count). The van der Waals surface area contributed by atoms with Crippen molar-refractivity contribution in [1.29, 1.82) is 0 Å². The van der Waals surface area contributed by atoms with Gasteiger partial charge in [-0.3, -0.25) is 0 Å². The molecule has 0 unspecified atom stereocenters. The Labute approximate surface area is 89.5 Å². The fourth-order valence-electron chi connectivity index (χ4n) is 0.684. The fourth-order valence-corrected chi connectivity index (χ4v) is 1.45. The van der Waals surface area contributed by atoms with Crippen LogP contribution in [0.1, 0.15) is 0 Å². The van der Waals surface area contributed by atoms with Crippen LogP contribution < -0.4 is 0 Å². The Morgan fingerprint density at radius 2 is 1.57 bits per heavy atom. The predicted octanol–water partition coefficient (Wildman–Crippen LogP) is 1.78. The maximum absolute atomic E-state index is 11.9. The third-order valence-corrected chi connectivity index (χ3v) is 2.80. The Kier molecular flexibility index (Phi) is 4.17. The maximum Gasteiger partial charge on any atom is 0.499 e. The average molecular weight is 264 g/mol. The summed E-state index contributed by atoms with van der Waals surface area (Å²) in [6, 6.07) is 6.34. The maximum atomic E-state index is 11.9. The summed E-state index contributed by atoms with van der Waals surface area (Å²) in [5.41, 5.74) is -5.24. The number of halogens is 3. The van der Waals surface area contributed by atoms with Gasteiger partial charge in [-0.05, 0) is 4.90 Å². The summed E-state index contributed by atoms with van der Waals surface area (Å²) in [5, 5.41) is 0. The van der Waals surface area contributed by atoms with E-state index in [1.807, 2.05) is 0 Å². The molecular formula is C7H4F3MnO2S-. The van der Waals surface area contributed by atoms with Crippen LogP contribution in [0.2, 0.25) is 0 Å². The van der Waals surface area contributed by atoms with E-state index >= 15 is 0 Å². The Balaban J connectivity index is 0.00000169. The van der Waals surface area contributed by atoms with Crippen molar-refractivity contribution in [1.82, 2.24) is 0 Å². The summed E-state index contributed by atoms with van der Waals surface area (Å²) < 4.78 is 57.2. The summed E-state index contributed by atoms with van der Waals surface area (Å²) in [6.07, 6.45) is 0. The average Bonchev–Trinajstić information content (AvgIpc) is 2.04. The first-order chi connectivity index (χ1) is 5.86. The minimum atomic E-state index is -5.24. The zero-order valence-corrected chi connectivity index (χ0v) is 8.54. The van der Waals surface area contributed by atoms with E-state index in [1.165, 1.54) is 0 Å². The van der Waals surface area contributed by atoms with Gasteiger partial charge in [0.25, 0.3) is 9.84 Å². The largest absolute Gasteiger partial charge is 0.499 e. The molecule has 0 saturated carbocycles. The van der Waals surface area contributed by atoms with Gasteiger partial charge < -0.3 is 0 Å². The molecule has 7 heteroatoms. The third kappa shape index (κ3) is 2.49. The van der Waals surface area contributed by atoms with Crippen molar-refractivity contribution in [3.63, 3.8) is 0 Å². The first-order valence-corrected chi connectivity index (χ1v) is 4.61. The second-order valence-corrected chi connectivity index (χ2v) is 4.13. The molecule has 2 nitrogen and oxygen atoms in total. The molecule has 1 aromatic rings. The van der Waals surface area contributed by atoms with E-state index in [0.717, 1.165) is 24.3 Å². The van der Waals surface area contributed by atoms with Crippen molar-refractivity contribution in [2.75, 3.05) is 0 Å². The molecule has 1 radical (unpaired) electrons. The van der Waals surface area contributed by atoms with Crippen LogP contribution in [0.3, 0.4) is 0 Å². The second-order valence-electron chi connectivity index (χ2n) is 2.18. The van der Waals surface area contributed by atoms with Crippen molar-refractivity contribution in [2.45, 2.75) is 10.4 Å². The van der Waals surface area contributed by atoms with Crippen LogP contribution in [0, 0.1) is 6.07 Å². The van der Waals surface area contributed by atoms with Crippen LogP contribution in [0.25, 0.3) is 0 Å². The van der Waals surface area contributed by atoms with E-state index in [4.69, 9.17) is 0 Å². The molecule has 79 valence electrons. The minimum Gasteiger partial charge on any atom is -0.217 e. The van der Waals surface area contributed by atoms with Gasteiger partial charge >= 0.3 is 5.51 Å². The van der Waals surface area contributed by atoms with Crippen molar-refractivity contribution in [2.24, 2.45) is 0 Å². The van der Waals surface area contributed by atoms with Gasteiger partial charge in [0.2, 0.25) is 0 Å². The van der Waals surface area contributed by atoms with E-state index in [0.29, 0.717) is 0 Å². The minimum absolute atomic E-state index is 0. The van der Waals surface area contributed by atoms with Gasteiger partial charge in [-0.1, -0.05) is 0 Å². The van der Waals surface area contributed by atoms with E-state index in [-0.39, 0.29) is 17.1 Å². The molecule has 14 heavy (non-hydrogen) atoms. The molecule has 0 aliphatic heterocycles. The Hall–Kier alpha value is -0.521. The fraction of sp³-hybridized carbons (Fsp3) is 0.143. The van der Waals surface area contributed by atoms with Crippen LogP contribution in [0.5, 0.6) is 0 Å². The summed E-state index contributed by atoms with van der Waals surface area (Å²) >= 11 is 0. The number of rotatable bonds is 1. The number of benzene rings is 1. The number of sulfone groups is 1. The molecule has 0 aliphatic carbocycles. The van der Waals surface area contributed by atoms with E-state index < -0.39 is 20.2 Å². The summed E-state index contributed by atoms with van der Waals surface area (Å²) in [6.45, 7) is 0. The van der Waals surface area contributed by atoms with Gasteiger partial charge in [0, 0.05) is 17.1 Å². The molecule has 0 atom stereocenters. The molecule has 0 spiro atoms. The van der Waals surface area contributed by atoms with E-state index in [1.54, 1.807) is 0 Å². The molecule has 0 heterocycles. The summed E-state index contributed by atoms with van der Waals surface area (Å²) in [7, 11) is -5.20. The Bertz CT molecular complexity index is 385. The molecule has 0 fully saturated rings. The summed E-state index contributed by atoms with van der Waals surface area (Å²) in [4.78, 5) is -0.765. The van der Waals surface area contributed by atoms with Gasteiger partial charge in [0.1, 0.15) is 0 Å². The first kappa shape index (κ1) is 13.5. The molecule has 0 aliphatic rings. The number of alkyl halides is 3. The Morgan fingerprint density at radius 3 is 1.93 bits per heavy atom. The van der Waals surface area contributed by atoms with Crippen LogP contribution >= 0.6 is 0 Å². The van der Waals surface area contributed by atoms with Gasteiger partial charge in [-0.25, -0.2) is 8.42 Å². The quantitative estimate of drug-likeness (QED) is 0.572. The monoisotopic (exact) mass is 264 g/mol. The van der Waals surface area contributed by atoms with E-state index in [2.05, 4.69) is 6.07 Å². The standard InChI is InChI=1S/C7H4F3O2S.Mn/c8-7(9,10)13(11,12)6-4-2-1-3-5-6;/h2-5H;/q-1;. The zero-order valence-electron chi connectivity index (χ0n) is 6.55. The number of hydrogen-bond acceptors (Lipinski definition) is 2. The van der Waals surface area contributed by atoms with Gasteiger partial charge in [-0.2, -0.15) is 43.5 Å². The van der Waals surface area contributed by atoms with Gasteiger partial charge in [0.15, 0.2) is 0 Å². The van der Waals surface area contributed by atoms with Crippen LogP contribution in [0.15, 0.2) is 29.2 Å². The SMILES string of the molecule is O=S(=O)(c1cc[c-]cc1)C(F)(F)F.[Mn]. The smallest absolute Gasteiger partial charge is 0.217 e. The van der Waals surface area contributed by atoms with Gasteiger partial charge in [-0.15, -0.1) is 0 Å². The zero-order chi connectivity index (χ0) is 10.1. The molecule has 0 saturated heterocycles. The predicted molar refractivity (Wildman–Crippen MR) is 38.5 cm³/mol. The second kappa shape index (κ2) is 4.33. The molecule has 0 amide bonds. The van der Waals surface area contributed by atoms with Crippen LogP contribution in [0.4, 0.5) is 13.2 Å². The van der Waals surface area contributed by atoms with Crippen molar-refractivity contribution < 1.29 is 38.7 Å². The summed E-state index contributed by atoms with van der Waals surface area (Å²) in [5.74, 6) is 0. The van der Waals surface area contributed by atoms with Gasteiger partial charge in [0.05, 0.1) is 0 Å². The normalized spacial score (nSPS) is 11.9. The third-order valence-electron chi connectivity index (χ3n) is 1.30.